The number of ether oxygens (including phenoxy) is 1. The Bertz CT molecular complexity index is 953. The van der Waals surface area contributed by atoms with Gasteiger partial charge in [-0.05, 0) is 48.7 Å². The number of sulfonamides is 1. The molecule has 0 unspecified atom stereocenters. The summed E-state index contributed by atoms with van der Waals surface area (Å²) in [5.74, 6) is 0.381. The van der Waals surface area contributed by atoms with Gasteiger partial charge in [0.15, 0.2) is 0 Å². The van der Waals surface area contributed by atoms with Gasteiger partial charge >= 0.3 is 0 Å². The first-order chi connectivity index (χ1) is 13.9. The molecule has 0 atom stereocenters. The molecule has 0 aliphatic carbocycles. The summed E-state index contributed by atoms with van der Waals surface area (Å²) in [4.78, 5) is 12.6. The van der Waals surface area contributed by atoms with E-state index in [1.165, 1.54) is 22.5 Å². The van der Waals surface area contributed by atoms with Crippen molar-refractivity contribution >= 4 is 27.5 Å². The van der Waals surface area contributed by atoms with Crippen molar-refractivity contribution in [2.45, 2.75) is 37.1 Å². The van der Waals surface area contributed by atoms with Gasteiger partial charge in [-0.3, -0.25) is 4.79 Å². The molecule has 1 heterocycles. The van der Waals surface area contributed by atoms with E-state index in [2.05, 4.69) is 5.32 Å². The van der Waals surface area contributed by atoms with Gasteiger partial charge in [0.05, 0.1) is 12.1 Å². The van der Waals surface area contributed by atoms with Crippen LogP contribution in [-0.2, 0) is 16.6 Å². The fourth-order valence-corrected chi connectivity index (χ4v) is 5.31. The monoisotopic (exact) mass is 436 g/mol. The lowest BCUT2D eigenvalue weighted by Gasteiger charge is -2.21. The normalized spacial score (nSPS) is 15.5. The van der Waals surface area contributed by atoms with E-state index >= 15 is 0 Å². The van der Waals surface area contributed by atoms with Crippen LogP contribution in [0.5, 0.6) is 5.75 Å². The largest absolute Gasteiger partial charge is 0.497 e. The molecule has 0 saturated carbocycles. The van der Waals surface area contributed by atoms with Gasteiger partial charge in [0.1, 0.15) is 10.6 Å². The molecule has 2 aromatic carbocycles. The Morgan fingerprint density at radius 1 is 1.07 bits per heavy atom. The number of carbonyl (C=O) groups is 1. The molecule has 1 N–H and O–H groups in total. The summed E-state index contributed by atoms with van der Waals surface area (Å²) < 4.78 is 32.7. The zero-order valence-corrected chi connectivity index (χ0v) is 17.9. The second-order valence-electron chi connectivity index (χ2n) is 6.99. The van der Waals surface area contributed by atoms with E-state index in [4.69, 9.17) is 16.3 Å². The molecular formula is C21H25ClN2O4S. The number of amides is 1. The Kier molecular flexibility index (Phi) is 7.16. The maximum Gasteiger partial charge on any atom is 0.251 e. The molecule has 0 spiro atoms. The average molecular weight is 437 g/mol. The van der Waals surface area contributed by atoms with Crippen LogP contribution in [0, 0.1) is 0 Å². The van der Waals surface area contributed by atoms with Crippen LogP contribution in [0.2, 0.25) is 5.02 Å². The Morgan fingerprint density at radius 2 is 1.72 bits per heavy atom. The van der Waals surface area contributed by atoms with E-state index in [1.54, 1.807) is 7.11 Å². The van der Waals surface area contributed by atoms with Gasteiger partial charge in [0, 0.05) is 25.2 Å². The van der Waals surface area contributed by atoms with Crippen molar-refractivity contribution in [2.24, 2.45) is 0 Å². The van der Waals surface area contributed by atoms with Gasteiger partial charge < -0.3 is 10.1 Å². The molecule has 6 nitrogen and oxygen atoms in total. The molecule has 0 bridgehead atoms. The van der Waals surface area contributed by atoms with Gasteiger partial charge in [-0.15, -0.1) is 0 Å². The first-order valence-electron chi connectivity index (χ1n) is 9.62. The Labute approximate surface area is 176 Å². The number of halogens is 1. The van der Waals surface area contributed by atoms with Crippen LogP contribution in [0.15, 0.2) is 47.4 Å². The minimum atomic E-state index is -3.74. The van der Waals surface area contributed by atoms with Crippen LogP contribution >= 0.6 is 11.6 Å². The number of nitrogens with zero attached hydrogens (tertiary/aromatic N) is 1. The number of nitrogens with one attached hydrogen (secondary N) is 1. The van der Waals surface area contributed by atoms with Gasteiger partial charge in [0.2, 0.25) is 10.0 Å². The van der Waals surface area contributed by atoms with Crippen molar-refractivity contribution in [1.82, 2.24) is 9.62 Å². The lowest BCUT2D eigenvalue weighted by molar-refractivity contribution is 0.0950. The third-order valence-electron chi connectivity index (χ3n) is 4.99. The Balaban J connectivity index is 1.75. The number of hydrogen-bond donors (Lipinski definition) is 1. The summed E-state index contributed by atoms with van der Waals surface area (Å²) in [6.07, 6.45) is 3.71. The fraction of sp³-hybridized carbons (Fsp3) is 0.381. The third-order valence-corrected chi connectivity index (χ3v) is 7.37. The lowest BCUT2D eigenvalue weighted by atomic mass is 10.2. The minimum Gasteiger partial charge on any atom is -0.497 e. The smallest absolute Gasteiger partial charge is 0.251 e. The van der Waals surface area contributed by atoms with Crippen molar-refractivity contribution in [2.75, 3.05) is 20.2 Å². The summed E-state index contributed by atoms with van der Waals surface area (Å²) in [5.41, 5.74) is 1.17. The predicted octanol–water partition coefficient (Wildman–Crippen LogP) is 3.84. The molecule has 1 aliphatic rings. The zero-order chi connectivity index (χ0) is 20.9. The second kappa shape index (κ2) is 9.61. The van der Waals surface area contributed by atoms with Crippen molar-refractivity contribution in [3.8, 4) is 5.75 Å². The zero-order valence-electron chi connectivity index (χ0n) is 16.4. The first-order valence-corrected chi connectivity index (χ1v) is 11.4. The van der Waals surface area contributed by atoms with Gasteiger partial charge in [-0.2, -0.15) is 4.31 Å². The van der Waals surface area contributed by atoms with Crippen LogP contribution in [-0.4, -0.2) is 38.8 Å². The number of carbonyl (C=O) groups excluding carboxylic acids is 1. The SMILES string of the molecule is COc1ccc(CNC(=O)c2ccc(Cl)c(S(=O)(=O)N3CCCCCC3)c2)cc1. The molecule has 8 heteroatoms. The molecular weight excluding hydrogens is 412 g/mol. The molecule has 0 radical (unpaired) electrons. The van der Waals surface area contributed by atoms with Crippen molar-refractivity contribution in [3.05, 3.63) is 58.6 Å². The Hall–Kier alpha value is -2.09. The van der Waals surface area contributed by atoms with Gasteiger partial charge in [-0.25, -0.2) is 8.42 Å². The van der Waals surface area contributed by atoms with Crippen LogP contribution in [0.1, 0.15) is 41.6 Å². The maximum atomic E-state index is 13.1. The van der Waals surface area contributed by atoms with Crippen molar-refractivity contribution < 1.29 is 17.9 Å². The first kappa shape index (κ1) is 21.6. The maximum absolute atomic E-state index is 13.1. The van der Waals surface area contributed by atoms with E-state index < -0.39 is 10.0 Å². The van der Waals surface area contributed by atoms with Crippen molar-refractivity contribution in [1.29, 1.82) is 0 Å². The van der Waals surface area contributed by atoms with E-state index in [9.17, 15) is 13.2 Å². The molecule has 1 fully saturated rings. The second-order valence-corrected chi connectivity index (χ2v) is 9.31. The average Bonchev–Trinajstić information content (AvgIpc) is 3.03. The van der Waals surface area contributed by atoms with E-state index in [0.717, 1.165) is 37.0 Å². The topological polar surface area (TPSA) is 75.7 Å². The molecule has 1 amide bonds. The summed E-state index contributed by atoms with van der Waals surface area (Å²) >= 11 is 6.20. The predicted molar refractivity (Wildman–Crippen MR) is 113 cm³/mol. The summed E-state index contributed by atoms with van der Waals surface area (Å²) in [7, 11) is -2.15. The number of rotatable bonds is 6. The summed E-state index contributed by atoms with van der Waals surface area (Å²) in [6.45, 7) is 1.28. The Morgan fingerprint density at radius 3 is 2.34 bits per heavy atom. The molecule has 29 heavy (non-hydrogen) atoms. The number of benzene rings is 2. The number of hydrogen-bond acceptors (Lipinski definition) is 4. The summed E-state index contributed by atoms with van der Waals surface area (Å²) in [6, 6.07) is 11.7. The highest BCUT2D eigenvalue weighted by Crippen LogP contribution is 2.27. The molecule has 2 aromatic rings. The van der Waals surface area contributed by atoms with E-state index in [-0.39, 0.29) is 21.4 Å². The standard InChI is InChI=1S/C21H25ClN2O4S/c1-28-18-9-6-16(7-10-18)15-23-21(25)17-8-11-19(22)20(14-17)29(26,27)24-12-4-2-3-5-13-24/h6-11,14H,2-5,12-13,15H2,1H3,(H,23,25). The number of methoxy groups -OCH3 is 1. The van der Waals surface area contributed by atoms with Crippen LogP contribution in [0.3, 0.4) is 0 Å². The third kappa shape index (κ3) is 5.29. The van der Waals surface area contributed by atoms with Gasteiger partial charge in [0.25, 0.3) is 5.91 Å². The molecule has 0 aromatic heterocycles. The van der Waals surface area contributed by atoms with E-state index in [1.807, 2.05) is 24.3 Å². The van der Waals surface area contributed by atoms with Gasteiger partial charge in [-0.1, -0.05) is 36.6 Å². The van der Waals surface area contributed by atoms with Crippen molar-refractivity contribution in [3.63, 3.8) is 0 Å². The summed E-state index contributed by atoms with van der Waals surface area (Å²) in [5, 5.41) is 2.94. The molecule has 1 aliphatic heterocycles. The molecule has 3 rings (SSSR count). The fourth-order valence-electron chi connectivity index (χ4n) is 3.29. The quantitative estimate of drug-likeness (QED) is 0.746. The molecule has 156 valence electrons. The highest BCUT2D eigenvalue weighted by Gasteiger charge is 2.28. The van der Waals surface area contributed by atoms with E-state index in [0.29, 0.717) is 19.6 Å². The van der Waals surface area contributed by atoms with Crippen LogP contribution < -0.4 is 10.1 Å². The highest BCUT2D eigenvalue weighted by molar-refractivity contribution is 7.89. The molecule has 1 saturated heterocycles. The van der Waals surface area contributed by atoms with Crippen LogP contribution in [0.4, 0.5) is 0 Å². The van der Waals surface area contributed by atoms with Crippen LogP contribution in [0.25, 0.3) is 0 Å². The highest BCUT2D eigenvalue weighted by atomic mass is 35.5. The lowest BCUT2D eigenvalue weighted by Crippen LogP contribution is -2.32. The minimum absolute atomic E-state index is 0.0156.